The summed E-state index contributed by atoms with van der Waals surface area (Å²) in [6.45, 7) is 3.19. The number of hydrogen-bond donors (Lipinski definition) is 0. The van der Waals surface area contributed by atoms with Crippen molar-refractivity contribution in [3.63, 3.8) is 0 Å². The summed E-state index contributed by atoms with van der Waals surface area (Å²) in [5.74, 6) is 1.47. The Morgan fingerprint density at radius 1 is 1.05 bits per heavy atom. The number of ketones is 1. The molecule has 1 aliphatic rings. The van der Waals surface area contributed by atoms with Crippen LogP contribution in [0.4, 0.5) is 5.69 Å². The first-order valence-electron chi connectivity index (χ1n) is 12.4. The monoisotopic (exact) mass is 629 g/mol. The number of Topliss-reactive ketones (excluding diaryl/α,β-unsaturated/α-hetero) is 1. The number of halogens is 1. The topological polar surface area (TPSA) is 121 Å². The molecular formula is C30H20BrN3O6S. The van der Waals surface area contributed by atoms with Gasteiger partial charge < -0.3 is 8.83 Å². The first-order chi connectivity index (χ1) is 19.7. The lowest BCUT2D eigenvalue weighted by Gasteiger charge is -2.22. The summed E-state index contributed by atoms with van der Waals surface area (Å²) in [6, 6.07) is 20.0. The van der Waals surface area contributed by atoms with Gasteiger partial charge in [0.1, 0.15) is 29.1 Å². The van der Waals surface area contributed by atoms with Gasteiger partial charge in [0.15, 0.2) is 10.6 Å². The van der Waals surface area contributed by atoms with E-state index in [1.807, 2.05) is 30.3 Å². The van der Waals surface area contributed by atoms with Crippen LogP contribution in [0.25, 0.3) is 28.7 Å². The van der Waals surface area contributed by atoms with Crippen LogP contribution in [0.5, 0.6) is 0 Å². The zero-order valence-corrected chi connectivity index (χ0v) is 24.1. The third-order valence-electron chi connectivity index (χ3n) is 6.69. The van der Waals surface area contributed by atoms with E-state index in [-0.39, 0.29) is 17.0 Å². The third-order valence-corrected chi connectivity index (χ3v) is 8.20. The summed E-state index contributed by atoms with van der Waals surface area (Å²) in [4.78, 5) is 42.6. The van der Waals surface area contributed by atoms with Crippen molar-refractivity contribution in [3.05, 3.63) is 130 Å². The largest absolute Gasteiger partial charge is 0.458 e. The van der Waals surface area contributed by atoms with E-state index in [1.54, 1.807) is 49.4 Å². The number of nitro benzene ring substituents is 1. The van der Waals surface area contributed by atoms with Crippen LogP contribution in [0.15, 0.2) is 107 Å². The molecule has 0 N–H and O–H groups in total. The zero-order chi connectivity index (χ0) is 28.8. The van der Waals surface area contributed by atoms with Crippen LogP contribution in [0.2, 0.25) is 0 Å². The molecule has 0 radical (unpaired) electrons. The van der Waals surface area contributed by atoms with Gasteiger partial charge in [-0.1, -0.05) is 51.5 Å². The predicted molar refractivity (Wildman–Crippen MR) is 157 cm³/mol. The van der Waals surface area contributed by atoms with Crippen LogP contribution < -0.4 is 14.9 Å². The van der Waals surface area contributed by atoms with Gasteiger partial charge in [-0.2, -0.15) is 0 Å². The fraction of sp³-hybridized carbons (Fsp3) is 0.100. The molecule has 6 rings (SSSR count). The number of rotatable bonds is 6. The molecule has 0 aliphatic carbocycles. The molecule has 11 heteroatoms. The summed E-state index contributed by atoms with van der Waals surface area (Å²) in [6.07, 6.45) is 1.57. The van der Waals surface area contributed by atoms with Gasteiger partial charge in [0, 0.05) is 33.4 Å². The minimum Gasteiger partial charge on any atom is -0.458 e. The number of aromatic nitrogens is 1. The number of nitrogens with zero attached hydrogens (tertiary/aromatic N) is 3. The first kappa shape index (κ1) is 26.6. The van der Waals surface area contributed by atoms with Gasteiger partial charge >= 0.3 is 0 Å². The quantitative estimate of drug-likeness (QED) is 0.167. The fourth-order valence-electron chi connectivity index (χ4n) is 4.85. The average molecular weight is 630 g/mol. The van der Waals surface area contributed by atoms with Crippen LogP contribution in [0, 0.1) is 10.1 Å². The molecule has 1 atom stereocenters. The Morgan fingerprint density at radius 2 is 1.78 bits per heavy atom. The molecule has 4 heterocycles. The standard InChI is InChI=1S/C30H20BrN3O6S/c1-16-27(17(2)35)28(25-14-13-23(40-25)18-7-9-19(31)10-8-18)33-29(36)26(41-30(33)32-16)15-20-11-12-24(39-20)21-5-3-4-6-22(21)34(37)38/h3-15,28H,1-2H3/b26-15+/t28-/m0/s1. The highest BCUT2D eigenvalue weighted by molar-refractivity contribution is 9.10. The second kappa shape index (κ2) is 10.4. The number of furan rings is 2. The molecule has 0 spiro atoms. The molecule has 0 unspecified atom stereocenters. The van der Waals surface area contributed by atoms with E-state index in [4.69, 9.17) is 8.83 Å². The molecular weight excluding hydrogens is 610 g/mol. The van der Waals surface area contributed by atoms with Gasteiger partial charge in [-0.3, -0.25) is 24.3 Å². The number of thiazole rings is 1. The Bertz CT molecular complexity index is 2060. The summed E-state index contributed by atoms with van der Waals surface area (Å²) in [5.41, 5.74) is 1.62. The fourth-order valence-corrected chi connectivity index (χ4v) is 6.15. The number of fused-ring (bicyclic) bond motifs is 1. The van der Waals surface area contributed by atoms with Crippen molar-refractivity contribution < 1.29 is 18.6 Å². The van der Waals surface area contributed by atoms with Crippen molar-refractivity contribution in [2.24, 2.45) is 4.99 Å². The first-order valence-corrected chi connectivity index (χ1v) is 14.0. The summed E-state index contributed by atoms with van der Waals surface area (Å²) >= 11 is 4.59. The molecule has 3 aromatic heterocycles. The van der Waals surface area contributed by atoms with Crippen molar-refractivity contribution in [1.82, 2.24) is 4.57 Å². The average Bonchev–Trinajstić information content (AvgIpc) is 3.68. The highest BCUT2D eigenvalue weighted by atomic mass is 79.9. The number of benzene rings is 2. The van der Waals surface area contributed by atoms with E-state index in [0.717, 1.165) is 21.4 Å². The van der Waals surface area contributed by atoms with Gasteiger partial charge in [-0.25, -0.2) is 4.99 Å². The maximum atomic E-state index is 13.8. The maximum absolute atomic E-state index is 13.8. The van der Waals surface area contributed by atoms with E-state index in [1.165, 1.54) is 17.6 Å². The minimum atomic E-state index is -0.797. The lowest BCUT2D eigenvalue weighted by atomic mass is 9.98. The number of carbonyl (C=O) groups is 1. The lowest BCUT2D eigenvalue weighted by molar-refractivity contribution is -0.384. The number of nitro groups is 1. The summed E-state index contributed by atoms with van der Waals surface area (Å²) in [7, 11) is 0. The highest BCUT2D eigenvalue weighted by Gasteiger charge is 2.33. The van der Waals surface area contributed by atoms with E-state index >= 15 is 0 Å². The predicted octanol–water partition coefficient (Wildman–Crippen LogP) is 6.01. The van der Waals surface area contributed by atoms with Crippen LogP contribution in [0.3, 0.4) is 0 Å². The smallest absolute Gasteiger partial charge is 0.280 e. The third kappa shape index (κ3) is 4.83. The SMILES string of the molecule is CC(=O)C1=C(C)N=c2s/c(=C/c3ccc(-c4ccccc4[N+](=O)[O-])o3)c(=O)n2[C@H]1c1ccc(-c2ccc(Br)cc2)o1. The molecule has 41 heavy (non-hydrogen) atoms. The maximum Gasteiger partial charge on any atom is 0.280 e. The summed E-state index contributed by atoms with van der Waals surface area (Å²) in [5, 5.41) is 11.5. The molecule has 0 bridgehead atoms. The van der Waals surface area contributed by atoms with Crippen LogP contribution >= 0.6 is 27.3 Å². The Hall–Kier alpha value is -4.61. The molecule has 9 nitrogen and oxygen atoms in total. The normalized spacial score (nSPS) is 15.1. The van der Waals surface area contributed by atoms with Gasteiger partial charge in [0.25, 0.3) is 11.2 Å². The second-order valence-corrected chi connectivity index (χ2v) is 11.2. The summed E-state index contributed by atoms with van der Waals surface area (Å²) < 4.78 is 14.8. The molecule has 2 aromatic carbocycles. The molecule has 5 aromatic rings. The van der Waals surface area contributed by atoms with E-state index in [9.17, 15) is 19.7 Å². The van der Waals surface area contributed by atoms with Crippen LogP contribution in [-0.4, -0.2) is 15.3 Å². The van der Waals surface area contributed by atoms with Crippen LogP contribution in [0.1, 0.15) is 31.4 Å². The molecule has 0 saturated carbocycles. The molecule has 0 saturated heterocycles. The Morgan fingerprint density at radius 3 is 2.51 bits per heavy atom. The van der Waals surface area contributed by atoms with Gasteiger partial charge in [-0.15, -0.1) is 0 Å². The van der Waals surface area contributed by atoms with Crippen molar-refractivity contribution >= 4 is 44.8 Å². The highest BCUT2D eigenvalue weighted by Crippen LogP contribution is 2.34. The van der Waals surface area contributed by atoms with Crippen LogP contribution in [-0.2, 0) is 4.79 Å². The number of hydrogen-bond acceptors (Lipinski definition) is 8. The van der Waals surface area contributed by atoms with Gasteiger partial charge in [0.2, 0.25) is 0 Å². The van der Waals surface area contributed by atoms with Crippen molar-refractivity contribution in [2.75, 3.05) is 0 Å². The van der Waals surface area contributed by atoms with Crippen molar-refractivity contribution in [1.29, 1.82) is 0 Å². The lowest BCUT2D eigenvalue weighted by Crippen LogP contribution is -2.39. The number of allylic oxidation sites excluding steroid dienone is 2. The van der Waals surface area contributed by atoms with E-state index in [2.05, 4.69) is 20.9 Å². The Balaban J connectivity index is 1.45. The molecule has 0 fully saturated rings. The van der Waals surface area contributed by atoms with Crippen molar-refractivity contribution in [3.8, 4) is 22.6 Å². The van der Waals surface area contributed by atoms with Crippen molar-refractivity contribution in [2.45, 2.75) is 19.9 Å². The minimum absolute atomic E-state index is 0.0824. The van der Waals surface area contributed by atoms with Gasteiger partial charge in [0.05, 0.1) is 15.0 Å². The van der Waals surface area contributed by atoms with Gasteiger partial charge in [-0.05, 0) is 56.3 Å². The second-order valence-electron chi connectivity index (χ2n) is 9.32. The Labute approximate surface area is 244 Å². The number of carbonyl (C=O) groups excluding carboxylic acids is 1. The Kier molecular flexibility index (Phi) is 6.76. The zero-order valence-electron chi connectivity index (χ0n) is 21.7. The van der Waals surface area contributed by atoms with E-state index < -0.39 is 11.0 Å². The molecule has 1 aliphatic heterocycles. The molecule has 0 amide bonds. The van der Waals surface area contributed by atoms with E-state index in [0.29, 0.717) is 49.2 Å². The number of para-hydroxylation sites is 1. The molecule has 204 valence electrons.